The first-order valence-electron chi connectivity index (χ1n) is 6.99. The van der Waals surface area contributed by atoms with Crippen molar-refractivity contribution in [2.24, 2.45) is 11.3 Å². The second-order valence-electron chi connectivity index (χ2n) is 6.00. The van der Waals surface area contributed by atoms with Gasteiger partial charge in [-0.15, -0.1) is 0 Å². The summed E-state index contributed by atoms with van der Waals surface area (Å²) in [6, 6.07) is 6.50. The molecular formula is C16H22FNO. The Morgan fingerprint density at radius 1 is 1.32 bits per heavy atom. The Bertz CT molecular complexity index is 452. The van der Waals surface area contributed by atoms with E-state index in [9.17, 15) is 9.18 Å². The van der Waals surface area contributed by atoms with Gasteiger partial charge in [0.25, 0.3) is 0 Å². The molecule has 0 spiro atoms. The molecule has 1 aliphatic carbocycles. The standard InChI is InChI=1S/C16H22FNO/c1-4-18(14-7-5-13(17)6-8-14)11-12-9-10-16(2,3)15(12)19/h5-8,12H,4,9-11H2,1-3H3. The first-order chi connectivity index (χ1) is 8.94. The van der Waals surface area contributed by atoms with Gasteiger partial charge in [0.15, 0.2) is 0 Å². The third kappa shape index (κ3) is 2.96. The number of carbonyl (C=O) groups is 1. The SMILES string of the molecule is CCN(CC1CCC(C)(C)C1=O)c1ccc(F)cc1. The number of ketones is 1. The molecule has 0 heterocycles. The van der Waals surface area contributed by atoms with Crippen LogP contribution in [0, 0.1) is 17.2 Å². The monoisotopic (exact) mass is 263 g/mol. The third-order valence-electron chi connectivity index (χ3n) is 4.17. The van der Waals surface area contributed by atoms with E-state index >= 15 is 0 Å². The molecular weight excluding hydrogens is 241 g/mol. The predicted octanol–water partition coefficient (Wildman–Crippen LogP) is 3.66. The van der Waals surface area contributed by atoms with Gasteiger partial charge in [-0.3, -0.25) is 4.79 Å². The number of hydrogen-bond donors (Lipinski definition) is 0. The van der Waals surface area contributed by atoms with Crippen LogP contribution < -0.4 is 4.90 Å². The van der Waals surface area contributed by atoms with Gasteiger partial charge in [0, 0.05) is 30.1 Å². The number of benzene rings is 1. The van der Waals surface area contributed by atoms with Crippen molar-refractivity contribution in [1.29, 1.82) is 0 Å². The molecule has 1 aromatic carbocycles. The van der Waals surface area contributed by atoms with Crippen LogP contribution in [0.5, 0.6) is 0 Å². The van der Waals surface area contributed by atoms with E-state index in [-0.39, 0.29) is 17.2 Å². The predicted molar refractivity (Wildman–Crippen MR) is 75.8 cm³/mol. The van der Waals surface area contributed by atoms with Crippen LogP contribution in [0.2, 0.25) is 0 Å². The summed E-state index contributed by atoms with van der Waals surface area (Å²) < 4.78 is 12.9. The molecule has 0 saturated heterocycles. The summed E-state index contributed by atoms with van der Waals surface area (Å²) >= 11 is 0. The summed E-state index contributed by atoms with van der Waals surface area (Å²) in [7, 11) is 0. The minimum Gasteiger partial charge on any atom is -0.371 e. The second kappa shape index (κ2) is 5.32. The topological polar surface area (TPSA) is 20.3 Å². The lowest BCUT2D eigenvalue weighted by molar-refractivity contribution is -0.127. The van der Waals surface area contributed by atoms with Crippen LogP contribution in [0.3, 0.4) is 0 Å². The van der Waals surface area contributed by atoms with Gasteiger partial charge in [-0.05, 0) is 44.0 Å². The highest BCUT2D eigenvalue weighted by Gasteiger charge is 2.40. The van der Waals surface area contributed by atoms with Crippen LogP contribution in [0.4, 0.5) is 10.1 Å². The quantitative estimate of drug-likeness (QED) is 0.826. The van der Waals surface area contributed by atoms with E-state index in [1.54, 1.807) is 12.1 Å². The molecule has 0 radical (unpaired) electrons. The molecule has 0 amide bonds. The first kappa shape index (κ1) is 14.0. The maximum Gasteiger partial charge on any atom is 0.143 e. The van der Waals surface area contributed by atoms with Gasteiger partial charge >= 0.3 is 0 Å². The molecule has 19 heavy (non-hydrogen) atoms. The van der Waals surface area contributed by atoms with Crippen molar-refractivity contribution < 1.29 is 9.18 Å². The van der Waals surface area contributed by atoms with Gasteiger partial charge in [0.05, 0.1) is 0 Å². The van der Waals surface area contributed by atoms with Crippen molar-refractivity contribution in [2.75, 3.05) is 18.0 Å². The van der Waals surface area contributed by atoms with Gasteiger partial charge in [-0.1, -0.05) is 13.8 Å². The van der Waals surface area contributed by atoms with Gasteiger partial charge < -0.3 is 4.90 Å². The molecule has 3 heteroatoms. The smallest absolute Gasteiger partial charge is 0.143 e. The molecule has 1 saturated carbocycles. The van der Waals surface area contributed by atoms with Crippen LogP contribution >= 0.6 is 0 Å². The Kier molecular flexibility index (Phi) is 3.93. The minimum atomic E-state index is -0.224. The maximum atomic E-state index is 12.9. The van der Waals surface area contributed by atoms with E-state index in [2.05, 4.69) is 11.8 Å². The van der Waals surface area contributed by atoms with Crippen LogP contribution in [0.1, 0.15) is 33.6 Å². The molecule has 0 aliphatic heterocycles. The van der Waals surface area contributed by atoms with Crippen molar-refractivity contribution >= 4 is 11.5 Å². The molecule has 2 nitrogen and oxygen atoms in total. The zero-order valence-corrected chi connectivity index (χ0v) is 11.9. The Morgan fingerprint density at radius 2 is 1.95 bits per heavy atom. The van der Waals surface area contributed by atoms with Gasteiger partial charge in [0.1, 0.15) is 11.6 Å². The molecule has 104 valence electrons. The fraction of sp³-hybridized carbons (Fsp3) is 0.562. The highest BCUT2D eigenvalue weighted by Crippen LogP contribution is 2.38. The molecule has 1 unspecified atom stereocenters. The fourth-order valence-corrected chi connectivity index (χ4v) is 2.85. The summed E-state index contributed by atoms with van der Waals surface area (Å²) in [5.41, 5.74) is 0.814. The van der Waals surface area contributed by atoms with Crippen molar-refractivity contribution in [2.45, 2.75) is 33.6 Å². The highest BCUT2D eigenvalue weighted by molar-refractivity contribution is 5.88. The fourth-order valence-electron chi connectivity index (χ4n) is 2.85. The minimum absolute atomic E-state index is 0.111. The average molecular weight is 263 g/mol. The molecule has 1 fully saturated rings. The van der Waals surface area contributed by atoms with E-state index < -0.39 is 0 Å². The lowest BCUT2D eigenvalue weighted by Crippen LogP contribution is -2.33. The van der Waals surface area contributed by atoms with Crippen molar-refractivity contribution in [1.82, 2.24) is 0 Å². The first-order valence-corrected chi connectivity index (χ1v) is 6.99. The van der Waals surface area contributed by atoms with Crippen molar-refractivity contribution in [3.63, 3.8) is 0 Å². The molecule has 0 N–H and O–H groups in total. The summed E-state index contributed by atoms with van der Waals surface area (Å²) in [5.74, 6) is 0.256. The molecule has 0 aromatic heterocycles. The maximum absolute atomic E-state index is 12.9. The summed E-state index contributed by atoms with van der Waals surface area (Å²) in [6.07, 6.45) is 1.93. The van der Waals surface area contributed by atoms with Gasteiger partial charge in [0.2, 0.25) is 0 Å². The number of nitrogens with zero attached hydrogens (tertiary/aromatic N) is 1. The van der Waals surface area contributed by atoms with E-state index in [4.69, 9.17) is 0 Å². The second-order valence-corrected chi connectivity index (χ2v) is 6.00. The molecule has 1 atom stereocenters. The van der Waals surface area contributed by atoms with E-state index in [0.717, 1.165) is 31.6 Å². The van der Waals surface area contributed by atoms with Crippen molar-refractivity contribution in [3.05, 3.63) is 30.1 Å². The molecule has 2 rings (SSSR count). The molecule has 1 aliphatic rings. The Hall–Kier alpha value is -1.38. The van der Waals surface area contributed by atoms with Crippen LogP contribution in [-0.4, -0.2) is 18.9 Å². The summed E-state index contributed by atoms with van der Waals surface area (Å²) in [5, 5.41) is 0. The number of rotatable bonds is 4. The van der Waals surface area contributed by atoms with Crippen LogP contribution in [0.25, 0.3) is 0 Å². The zero-order valence-electron chi connectivity index (χ0n) is 11.9. The molecule has 0 bridgehead atoms. The lowest BCUT2D eigenvalue weighted by atomic mass is 9.89. The summed E-state index contributed by atoms with van der Waals surface area (Å²) in [6.45, 7) is 7.70. The number of halogens is 1. The Labute approximate surface area is 114 Å². The number of anilines is 1. The molecule has 1 aromatic rings. The van der Waals surface area contributed by atoms with Gasteiger partial charge in [-0.2, -0.15) is 0 Å². The lowest BCUT2D eigenvalue weighted by Gasteiger charge is -2.26. The zero-order chi connectivity index (χ0) is 14.0. The number of carbonyl (C=O) groups excluding carboxylic acids is 1. The van der Waals surface area contributed by atoms with Crippen molar-refractivity contribution in [3.8, 4) is 0 Å². The Morgan fingerprint density at radius 3 is 2.42 bits per heavy atom. The van der Waals surface area contributed by atoms with E-state index in [1.165, 1.54) is 12.1 Å². The van der Waals surface area contributed by atoms with Crippen LogP contribution in [-0.2, 0) is 4.79 Å². The van der Waals surface area contributed by atoms with E-state index in [1.807, 2.05) is 13.8 Å². The number of hydrogen-bond acceptors (Lipinski definition) is 2. The Balaban J connectivity index is 2.08. The number of Topliss-reactive ketones (excluding diaryl/α,β-unsaturated/α-hetero) is 1. The van der Waals surface area contributed by atoms with Crippen LogP contribution in [0.15, 0.2) is 24.3 Å². The van der Waals surface area contributed by atoms with Gasteiger partial charge in [-0.25, -0.2) is 4.39 Å². The third-order valence-corrected chi connectivity index (χ3v) is 4.17. The largest absolute Gasteiger partial charge is 0.371 e. The average Bonchev–Trinajstić information content (AvgIpc) is 2.64. The highest BCUT2D eigenvalue weighted by atomic mass is 19.1. The normalized spacial score (nSPS) is 21.7. The summed E-state index contributed by atoms with van der Waals surface area (Å²) in [4.78, 5) is 14.4. The van der Waals surface area contributed by atoms with E-state index in [0.29, 0.717) is 5.78 Å².